The molecule has 1 N–H and O–H groups in total. The van der Waals surface area contributed by atoms with Crippen molar-refractivity contribution in [2.75, 3.05) is 6.54 Å². The predicted molar refractivity (Wildman–Crippen MR) is 76.4 cm³/mol. The second-order valence-corrected chi connectivity index (χ2v) is 5.14. The Kier molecular flexibility index (Phi) is 6.28. The molecule has 0 unspecified atom stereocenters. The fourth-order valence-corrected chi connectivity index (χ4v) is 1.99. The van der Waals surface area contributed by atoms with Crippen molar-refractivity contribution in [3.63, 3.8) is 0 Å². The van der Waals surface area contributed by atoms with Gasteiger partial charge in [-0.05, 0) is 51.1 Å². The Bertz CT molecular complexity index is 288. The normalized spacial score (nSPS) is 11.7. The Labute approximate surface area is 107 Å². The smallest absolute Gasteiger partial charge is 0.0148 e. The van der Waals surface area contributed by atoms with Crippen LogP contribution < -0.4 is 5.32 Å². The Hall–Kier alpha value is -0.820. The molecule has 0 aliphatic rings. The van der Waals surface area contributed by atoms with E-state index in [9.17, 15) is 0 Å². The predicted octanol–water partition coefficient (Wildman–Crippen LogP) is 4.18. The Morgan fingerprint density at radius 1 is 1.00 bits per heavy atom. The molecule has 0 spiro atoms. The highest BCUT2D eigenvalue weighted by atomic mass is 15.0. The number of benzene rings is 1. The van der Waals surface area contributed by atoms with E-state index in [1.54, 1.807) is 0 Å². The molecule has 0 aliphatic heterocycles. The summed E-state index contributed by atoms with van der Waals surface area (Å²) in [5, 5.41) is 3.68. The zero-order chi connectivity index (χ0) is 12.6. The maximum Gasteiger partial charge on any atom is 0.0148 e. The van der Waals surface area contributed by atoms with Gasteiger partial charge in [0.1, 0.15) is 0 Å². The molecular formula is C16H27N. The zero-order valence-corrected chi connectivity index (χ0v) is 11.6. The third-order valence-electron chi connectivity index (χ3n) is 3.85. The van der Waals surface area contributed by atoms with Crippen molar-refractivity contribution in [1.82, 2.24) is 5.32 Å². The molecule has 0 bridgehead atoms. The fourth-order valence-electron chi connectivity index (χ4n) is 1.99. The van der Waals surface area contributed by atoms with E-state index in [0.717, 1.165) is 6.54 Å². The van der Waals surface area contributed by atoms with Crippen molar-refractivity contribution in [2.24, 2.45) is 0 Å². The number of nitrogens with one attached hydrogen (secondary N) is 1. The van der Waals surface area contributed by atoms with Gasteiger partial charge < -0.3 is 5.32 Å². The molecule has 1 nitrogen and oxygen atoms in total. The summed E-state index contributed by atoms with van der Waals surface area (Å²) in [6, 6.07) is 10.8. The highest BCUT2D eigenvalue weighted by Gasteiger charge is 2.17. The molecule has 1 aromatic carbocycles. The lowest BCUT2D eigenvalue weighted by Crippen LogP contribution is -2.41. The van der Waals surface area contributed by atoms with Gasteiger partial charge in [0.2, 0.25) is 0 Å². The van der Waals surface area contributed by atoms with E-state index in [-0.39, 0.29) is 0 Å². The van der Waals surface area contributed by atoms with E-state index >= 15 is 0 Å². The Balaban J connectivity index is 2.13. The first-order valence-electron chi connectivity index (χ1n) is 6.99. The molecule has 96 valence electrons. The van der Waals surface area contributed by atoms with Crippen LogP contribution in [0.5, 0.6) is 0 Å². The van der Waals surface area contributed by atoms with Gasteiger partial charge >= 0.3 is 0 Å². The van der Waals surface area contributed by atoms with Crippen molar-refractivity contribution in [3.8, 4) is 0 Å². The van der Waals surface area contributed by atoms with Gasteiger partial charge in [-0.3, -0.25) is 0 Å². The highest BCUT2D eigenvalue weighted by Crippen LogP contribution is 2.13. The summed E-state index contributed by atoms with van der Waals surface area (Å²) in [4.78, 5) is 0. The lowest BCUT2D eigenvalue weighted by atomic mass is 9.95. The minimum absolute atomic E-state index is 0.340. The summed E-state index contributed by atoms with van der Waals surface area (Å²) in [7, 11) is 0. The SMILES string of the molecule is CCC(C)(CC)NCCCCc1ccccc1. The molecule has 0 heterocycles. The van der Waals surface area contributed by atoms with Crippen molar-refractivity contribution in [3.05, 3.63) is 35.9 Å². The Morgan fingerprint density at radius 3 is 2.24 bits per heavy atom. The van der Waals surface area contributed by atoms with Crippen molar-refractivity contribution < 1.29 is 0 Å². The molecule has 0 saturated heterocycles. The molecule has 0 aromatic heterocycles. The lowest BCUT2D eigenvalue weighted by Gasteiger charge is -2.28. The van der Waals surface area contributed by atoms with Crippen LogP contribution in [-0.2, 0) is 6.42 Å². The monoisotopic (exact) mass is 233 g/mol. The van der Waals surface area contributed by atoms with E-state index in [1.807, 2.05) is 0 Å². The van der Waals surface area contributed by atoms with Crippen LogP contribution in [0.2, 0.25) is 0 Å². The van der Waals surface area contributed by atoms with Gasteiger partial charge in [0.15, 0.2) is 0 Å². The number of hydrogen-bond acceptors (Lipinski definition) is 1. The van der Waals surface area contributed by atoms with Crippen LogP contribution in [0.25, 0.3) is 0 Å². The van der Waals surface area contributed by atoms with Crippen LogP contribution >= 0.6 is 0 Å². The van der Waals surface area contributed by atoms with Crippen molar-refractivity contribution in [1.29, 1.82) is 0 Å². The average molecular weight is 233 g/mol. The molecule has 0 saturated carbocycles. The average Bonchev–Trinajstić information content (AvgIpc) is 2.39. The number of aryl methyl sites for hydroxylation is 1. The molecule has 0 aliphatic carbocycles. The lowest BCUT2D eigenvalue weighted by molar-refractivity contribution is 0.329. The molecule has 1 heteroatoms. The van der Waals surface area contributed by atoms with Gasteiger partial charge in [0, 0.05) is 5.54 Å². The molecule has 1 aromatic rings. The summed E-state index contributed by atoms with van der Waals surface area (Å²) in [6.07, 6.45) is 6.17. The van der Waals surface area contributed by atoms with Crippen molar-refractivity contribution in [2.45, 2.75) is 58.4 Å². The van der Waals surface area contributed by atoms with Crippen molar-refractivity contribution >= 4 is 0 Å². The van der Waals surface area contributed by atoms with Gasteiger partial charge in [-0.1, -0.05) is 44.2 Å². The maximum atomic E-state index is 3.68. The molecular weight excluding hydrogens is 206 g/mol. The minimum Gasteiger partial charge on any atom is -0.312 e. The molecule has 0 radical (unpaired) electrons. The summed E-state index contributed by atoms with van der Waals surface area (Å²) in [6.45, 7) is 8.00. The van der Waals surface area contributed by atoms with Gasteiger partial charge in [-0.2, -0.15) is 0 Å². The van der Waals surface area contributed by atoms with Gasteiger partial charge in [-0.15, -0.1) is 0 Å². The first-order valence-corrected chi connectivity index (χ1v) is 6.99. The van der Waals surface area contributed by atoms with Crippen LogP contribution in [0.3, 0.4) is 0 Å². The van der Waals surface area contributed by atoms with Crippen LogP contribution in [-0.4, -0.2) is 12.1 Å². The van der Waals surface area contributed by atoms with E-state index in [0.29, 0.717) is 5.54 Å². The first-order chi connectivity index (χ1) is 8.20. The van der Waals surface area contributed by atoms with Gasteiger partial charge in [0.05, 0.1) is 0 Å². The van der Waals surface area contributed by atoms with E-state index in [4.69, 9.17) is 0 Å². The number of hydrogen-bond donors (Lipinski definition) is 1. The van der Waals surface area contributed by atoms with Crippen LogP contribution in [0.1, 0.15) is 52.0 Å². The molecule has 0 fully saturated rings. The molecule has 17 heavy (non-hydrogen) atoms. The third-order valence-corrected chi connectivity index (χ3v) is 3.85. The van der Waals surface area contributed by atoms with Crippen LogP contribution in [0, 0.1) is 0 Å². The van der Waals surface area contributed by atoms with Crippen LogP contribution in [0.15, 0.2) is 30.3 Å². The van der Waals surface area contributed by atoms with E-state index in [2.05, 4.69) is 56.4 Å². The minimum atomic E-state index is 0.340. The van der Waals surface area contributed by atoms with E-state index < -0.39 is 0 Å². The largest absolute Gasteiger partial charge is 0.312 e. The topological polar surface area (TPSA) is 12.0 Å². The van der Waals surface area contributed by atoms with E-state index in [1.165, 1.54) is 37.7 Å². The van der Waals surface area contributed by atoms with Gasteiger partial charge in [-0.25, -0.2) is 0 Å². The number of rotatable bonds is 8. The second kappa shape index (κ2) is 7.50. The summed E-state index contributed by atoms with van der Waals surface area (Å²) < 4.78 is 0. The summed E-state index contributed by atoms with van der Waals surface area (Å²) in [5.41, 5.74) is 1.80. The standard InChI is InChI=1S/C16H27N/c1-4-16(3,5-2)17-14-10-9-13-15-11-7-6-8-12-15/h6-8,11-12,17H,4-5,9-10,13-14H2,1-3H3. The quantitative estimate of drug-likeness (QED) is 0.664. The summed E-state index contributed by atoms with van der Waals surface area (Å²) in [5.74, 6) is 0. The number of unbranched alkanes of at least 4 members (excludes halogenated alkanes) is 1. The van der Waals surface area contributed by atoms with Crippen LogP contribution in [0.4, 0.5) is 0 Å². The molecule has 1 rings (SSSR count). The third kappa shape index (κ3) is 5.36. The molecule has 0 atom stereocenters. The first kappa shape index (κ1) is 14.2. The maximum absolute atomic E-state index is 3.68. The molecule has 0 amide bonds. The Morgan fingerprint density at radius 2 is 1.65 bits per heavy atom. The second-order valence-electron chi connectivity index (χ2n) is 5.14. The zero-order valence-electron chi connectivity index (χ0n) is 11.6. The van der Waals surface area contributed by atoms with Gasteiger partial charge in [0.25, 0.3) is 0 Å². The highest BCUT2D eigenvalue weighted by molar-refractivity contribution is 5.14. The fraction of sp³-hybridized carbons (Fsp3) is 0.625. The summed E-state index contributed by atoms with van der Waals surface area (Å²) >= 11 is 0.